The van der Waals surface area contributed by atoms with Gasteiger partial charge in [0.25, 0.3) is 0 Å². The summed E-state index contributed by atoms with van der Waals surface area (Å²) in [6.45, 7) is 0. The fraction of sp³-hybridized carbons (Fsp3) is 0.0690. The smallest absolute Gasteiger partial charge is 0.0832 e. The molecule has 0 amide bonds. The van der Waals surface area contributed by atoms with Gasteiger partial charge in [-0.2, -0.15) is 5.10 Å². The van der Waals surface area contributed by atoms with E-state index in [2.05, 4.69) is 120 Å². The summed E-state index contributed by atoms with van der Waals surface area (Å²) in [5.41, 5.74) is 4.74. The highest BCUT2D eigenvalue weighted by molar-refractivity contribution is 6.05. The number of rotatable bonds is 3. The lowest BCUT2D eigenvalue weighted by molar-refractivity contribution is 0.710. The monoisotopic (exact) mass is 398 g/mol. The minimum absolute atomic E-state index is 0.175. The summed E-state index contributed by atoms with van der Waals surface area (Å²) in [7, 11) is 0. The molecule has 0 unspecified atom stereocenters. The molecule has 0 aliphatic carbocycles. The van der Waals surface area contributed by atoms with Crippen LogP contribution < -0.4 is 5.01 Å². The van der Waals surface area contributed by atoms with Crippen LogP contribution in [0, 0.1) is 0 Å². The molecular formula is C29H22N2. The molecule has 1 aliphatic rings. The highest BCUT2D eigenvalue weighted by Gasteiger charge is 2.30. The van der Waals surface area contributed by atoms with Crippen molar-refractivity contribution in [1.82, 2.24) is 0 Å². The van der Waals surface area contributed by atoms with E-state index in [1.807, 2.05) is 0 Å². The van der Waals surface area contributed by atoms with Gasteiger partial charge in [-0.3, -0.25) is 5.01 Å². The number of hydrogen-bond donors (Lipinski definition) is 0. The van der Waals surface area contributed by atoms with Crippen LogP contribution in [0.3, 0.4) is 0 Å². The van der Waals surface area contributed by atoms with Gasteiger partial charge in [0.1, 0.15) is 0 Å². The van der Waals surface area contributed by atoms with Crippen LogP contribution in [0.25, 0.3) is 21.5 Å². The standard InChI is InChI=1S/C29H22N2/c1-2-12-27(13-3-1)31-29(26-17-15-22-9-5-7-11-24(22)19-26)20-28(30-31)25-16-14-21-8-4-6-10-23(21)18-25/h1-19,29H,20H2/t29-/m0/s1. The molecule has 0 saturated carbocycles. The van der Waals surface area contributed by atoms with Crippen LogP contribution in [0.2, 0.25) is 0 Å². The fourth-order valence-corrected chi connectivity index (χ4v) is 4.55. The molecule has 0 fully saturated rings. The van der Waals surface area contributed by atoms with Gasteiger partial charge in [-0.1, -0.05) is 91.0 Å². The minimum Gasteiger partial charge on any atom is -0.257 e. The zero-order valence-electron chi connectivity index (χ0n) is 17.1. The molecule has 6 rings (SSSR count). The van der Waals surface area contributed by atoms with E-state index in [9.17, 15) is 0 Å². The van der Waals surface area contributed by atoms with Gasteiger partial charge in [-0.05, 0) is 56.9 Å². The van der Waals surface area contributed by atoms with E-state index >= 15 is 0 Å². The zero-order valence-corrected chi connectivity index (χ0v) is 17.1. The third-order valence-corrected chi connectivity index (χ3v) is 6.17. The van der Waals surface area contributed by atoms with Crippen molar-refractivity contribution in [2.45, 2.75) is 12.5 Å². The van der Waals surface area contributed by atoms with E-state index < -0.39 is 0 Å². The molecule has 0 spiro atoms. The Kier molecular flexibility index (Phi) is 4.28. The first-order valence-electron chi connectivity index (χ1n) is 10.7. The molecule has 5 aromatic rings. The normalized spacial score (nSPS) is 16.1. The third kappa shape index (κ3) is 3.27. The molecule has 0 N–H and O–H groups in total. The number of hydrogen-bond acceptors (Lipinski definition) is 2. The van der Waals surface area contributed by atoms with Crippen molar-refractivity contribution in [2.75, 3.05) is 5.01 Å². The maximum absolute atomic E-state index is 5.12. The Labute approximate surface area is 182 Å². The van der Waals surface area contributed by atoms with Crippen LogP contribution in [0.1, 0.15) is 23.6 Å². The minimum atomic E-state index is 0.175. The summed E-state index contributed by atoms with van der Waals surface area (Å²) >= 11 is 0. The Bertz CT molecular complexity index is 1420. The van der Waals surface area contributed by atoms with E-state index in [0.29, 0.717) is 0 Å². The molecule has 0 aromatic heterocycles. The first-order valence-corrected chi connectivity index (χ1v) is 10.7. The van der Waals surface area contributed by atoms with Crippen LogP contribution in [-0.2, 0) is 0 Å². The van der Waals surface area contributed by atoms with Crippen LogP contribution in [0.5, 0.6) is 0 Å². The van der Waals surface area contributed by atoms with E-state index in [1.54, 1.807) is 0 Å². The molecular weight excluding hydrogens is 376 g/mol. The Hall–Kier alpha value is -3.91. The predicted molar refractivity (Wildman–Crippen MR) is 131 cm³/mol. The average Bonchev–Trinajstić information content (AvgIpc) is 3.30. The van der Waals surface area contributed by atoms with Gasteiger partial charge in [0.05, 0.1) is 17.4 Å². The number of hydrazone groups is 1. The molecule has 0 saturated heterocycles. The van der Waals surface area contributed by atoms with Gasteiger partial charge in [0.2, 0.25) is 0 Å². The number of anilines is 1. The lowest BCUT2D eigenvalue weighted by Gasteiger charge is -2.24. The quantitative estimate of drug-likeness (QED) is 0.310. The number of benzene rings is 5. The summed E-state index contributed by atoms with van der Waals surface area (Å²) in [6.07, 6.45) is 0.881. The maximum Gasteiger partial charge on any atom is 0.0832 e. The molecule has 1 aliphatic heterocycles. The third-order valence-electron chi connectivity index (χ3n) is 6.17. The molecule has 31 heavy (non-hydrogen) atoms. The van der Waals surface area contributed by atoms with E-state index in [4.69, 9.17) is 5.10 Å². The van der Waals surface area contributed by atoms with Crippen LogP contribution in [-0.4, -0.2) is 5.71 Å². The number of para-hydroxylation sites is 1. The van der Waals surface area contributed by atoms with Crippen molar-refractivity contribution in [1.29, 1.82) is 0 Å². The van der Waals surface area contributed by atoms with Crippen molar-refractivity contribution < 1.29 is 0 Å². The van der Waals surface area contributed by atoms with Crippen molar-refractivity contribution in [3.8, 4) is 0 Å². The van der Waals surface area contributed by atoms with Crippen molar-refractivity contribution in [3.63, 3.8) is 0 Å². The highest BCUT2D eigenvalue weighted by atomic mass is 15.5. The van der Waals surface area contributed by atoms with Crippen molar-refractivity contribution in [3.05, 3.63) is 126 Å². The second-order valence-electron chi connectivity index (χ2n) is 8.12. The van der Waals surface area contributed by atoms with E-state index in [-0.39, 0.29) is 6.04 Å². The maximum atomic E-state index is 5.12. The molecule has 1 heterocycles. The zero-order chi connectivity index (χ0) is 20.6. The Morgan fingerprint density at radius 2 is 1.19 bits per heavy atom. The van der Waals surface area contributed by atoms with Crippen LogP contribution in [0.4, 0.5) is 5.69 Å². The molecule has 2 heteroatoms. The first kappa shape index (κ1) is 17.9. The van der Waals surface area contributed by atoms with Gasteiger partial charge < -0.3 is 0 Å². The van der Waals surface area contributed by atoms with E-state index in [1.165, 1.54) is 32.7 Å². The summed E-state index contributed by atoms with van der Waals surface area (Å²) in [4.78, 5) is 0. The van der Waals surface area contributed by atoms with Crippen molar-refractivity contribution in [2.24, 2.45) is 5.10 Å². The second-order valence-corrected chi connectivity index (χ2v) is 8.12. The molecule has 148 valence electrons. The summed E-state index contributed by atoms with van der Waals surface area (Å²) < 4.78 is 0. The summed E-state index contributed by atoms with van der Waals surface area (Å²) in [6, 6.07) is 41.2. The lowest BCUT2D eigenvalue weighted by atomic mass is 9.95. The molecule has 1 atom stereocenters. The Morgan fingerprint density at radius 1 is 0.581 bits per heavy atom. The van der Waals surface area contributed by atoms with E-state index in [0.717, 1.165) is 17.8 Å². The second kappa shape index (κ2) is 7.41. The van der Waals surface area contributed by atoms with Gasteiger partial charge in [-0.15, -0.1) is 0 Å². The van der Waals surface area contributed by atoms with Crippen LogP contribution >= 0.6 is 0 Å². The molecule has 0 radical (unpaired) electrons. The summed E-state index contributed by atoms with van der Waals surface area (Å²) in [5, 5.41) is 12.4. The fourth-order valence-electron chi connectivity index (χ4n) is 4.55. The topological polar surface area (TPSA) is 15.6 Å². The molecule has 0 bridgehead atoms. The SMILES string of the molecule is c1ccc(N2N=C(c3ccc4ccccc4c3)C[C@H]2c2ccc3ccccc3c2)cc1. The van der Waals surface area contributed by atoms with Gasteiger partial charge in [-0.25, -0.2) is 0 Å². The van der Waals surface area contributed by atoms with Gasteiger partial charge >= 0.3 is 0 Å². The van der Waals surface area contributed by atoms with Gasteiger partial charge in [0, 0.05) is 6.42 Å². The average molecular weight is 399 g/mol. The highest BCUT2D eigenvalue weighted by Crippen LogP contribution is 2.37. The molecule has 5 aromatic carbocycles. The Morgan fingerprint density at radius 3 is 1.94 bits per heavy atom. The summed E-state index contributed by atoms with van der Waals surface area (Å²) in [5.74, 6) is 0. The largest absolute Gasteiger partial charge is 0.257 e. The first-order chi connectivity index (χ1) is 15.3. The van der Waals surface area contributed by atoms with Crippen molar-refractivity contribution >= 4 is 32.9 Å². The molecule has 2 nitrogen and oxygen atoms in total. The Balaban J connectivity index is 1.44. The number of fused-ring (bicyclic) bond motifs is 2. The van der Waals surface area contributed by atoms with Crippen LogP contribution in [0.15, 0.2) is 120 Å². The predicted octanol–water partition coefficient (Wildman–Crippen LogP) is 7.35. The number of nitrogens with zero attached hydrogens (tertiary/aromatic N) is 2. The lowest BCUT2D eigenvalue weighted by Crippen LogP contribution is -2.18. The van der Waals surface area contributed by atoms with Gasteiger partial charge in [0.15, 0.2) is 0 Å².